The van der Waals surface area contributed by atoms with Crippen LogP contribution in [0.2, 0.25) is 0 Å². The molecule has 0 bridgehead atoms. The third-order valence-corrected chi connectivity index (χ3v) is 6.95. The highest BCUT2D eigenvalue weighted by Crippen LogP contribution is 2.46. The highest BCUT2D eigenvalue weighted by molar-refractivity contribution is 8.03. The van der Waals surface area contributed by atoms with E-state index < -0.39 is 0 Å². The lowest BCUT2D eigenvalue weighted by Crippen LogP contribution is -2.28. The number of hydrogen-bond acceptors (Lipinski definition) is 5. The van der Waals surface area contributed by atoms with Crippen molar-refractivity contribution < 1.29 is 0 Å². The number of fused-ring (bicyclic) bond motifs is 1. The Labute approximate surface area is 188 Å². The van der Waals surface area contributed by atoms with Crippen molar-refractivity contribution in [3.8, 4) is 18.2 Å². The Hall–Kier alpha value is -3.46. The molecule has 0 aliphatic carbocycles. The Balaban J connectivity index is 2.35. The van der Waals surface area contributed by atoms with Crippen LogP contribution >= 0.6 is 11.8 Å². The average Bonchev–Trinajstić information content (AvgIpc) is 3.12. The molecular weight excluding hydrogens is 400 g/mol. The minimum absolute atomic E-state index is 0.112. The van der Waals surface area contributed by atoms with Crippen LogP contribution in [0.25, 0.3) is 11.1 Å². The summed E-state index contributed by atoms with van der Waals surface area (Å²) in [6.45, 7) is 10.8. The van der Waals surface area contributed by atoms with Gasteiger partial charge in [-0.1, -0.05) is 30.8 Å². The molecule has 0 atom stereocenters. The van der Waals surface area contributed by atoms with Crippen molar-refractivity contribution in [3.63, 3.8) is 0 Å². The van der Waals surface area contributed by atoms with Crippen LogP contribution in [0.15, 0.2) is 40.3 Å². The molecule has 5 heteroatoms. The lowest BCUT2D eigenvalue weighted by molar-refractivity contribution is 0.874. The molecule has 2 aromatic carbocycles. The first kappa shape index (κ1) is 22.2. The van der Waals surface area contributed by atoms with Gasteiger partial charge in [-0.15, -0.1) is 0 Å². The molecule has 154 valence electrons. The summed E-state index contributed by atoms with van der Waals surface area (Å²) in [5.74, 6) is 0. The average molecular weight is 425 g/mol. The van der Waals surface area contributed by atoms with Crippen LogP contribution in [-0.4, -0.2) is 6.54 Å². The van der Waals surface area contributed by atoms with Crippen molar-refractivity contribution in [3.05, 3.63) is 68.1 Å². The maximum Gasteiger partial charge on any atom is 0.137 e. The zero-order valence-electron chi connectivity index (χ0n) is 18.5. The summed E-state index contributed by atoms with van der Waals surface area (Å²) in [4.78, 5) is 3.46. The van der Waals surface area contributed by atoms with E-state index in [0.29, 0.717) is 10.8 Å². The molecule has 4 nitrogen and oxygen atoms in total. The van der Waals surface area contributed by atoms with E-state index in [0.717, 1.165) is 45.5 Å². The zero-order chi connectivity index (χ0) is 22.7. The zero-order valence-corrected chi connectivity index (χ0v) is 19.3. The van der Waals surface area contributed by atoms with Crippen molar-refractivity contribution in [2.45, 2.75) is 45.9 Å². The molecule has 31 heavy (non-hydrogen) atoms. The fourth-order valence-corrected chi connectivity index (χ4v) is 5.26. The molecule has 3 rings (SSSR count). The third-order valence-electron chi connectivity index (χ3n) is 5.84. The maximum atomic E-state index is 10.1. The summed E-state index contributed by atoms with van der Waals surface area (Å²) < 4.78 is 0. The Bertz CT molecular complexity index is 1290. The van der Waals surface area contributed by atoms with Crippen LogP contribution in [0, 0.1) is 61.7 Å². The van der Waals surface area contributed by atoms with Gasteiger partial charge < -0.3 is 4.90 Å². The minimum Gasteiger partial charge on any atom is -0.335 e. The fraction of sp³-hybridized carbons (Fsp3) is 0.269. The summed E-state index contributed by atoms with van der Waals surface area (Å²) in [6.07, 6.45) is 2.98. The number of para-hydroxylation sites is 1. The molecule has 0 saturated carbocycles. The van der Waals surface area contributed by atoms with E-state index in [-0.39, 0.29) is 5.57 Å². The molecule has 1 heterocycles. The summed E-state index contributed by atoms with van der Waals surface area (Å²) >= 11 is 1.68. The van der Waals surface area contributed by atoms with Crippen LogP contribution in [0.3, 0.4) is 0 Å². The van der Waals surface area contributed by atoms with E-state index in [9.17, 15) is 15.8 Å². The number of anilines is 1. The lowest BCUT2D eigenvalue weighted by Gasteiger charge is -2.19. The first-order valence-corrected chi connectivity index (χ1v) is 11.0. The quantitative estimate of drug-likeness (QED) is 0.717. The van der Waals surface area contributed by atoms with Gasteiger partial charge in [0.25, 0.3) is 0 Å². The van der Waals surface area contributed by atoms with E-state index in [1.807, 2.05) is 58.0 Å². The smallest absolute Gasteiger partial charge is 0.137 e. The van der Waals surface area contributed by atoms with Crippen molar-refractivity contribution in [2.75, 3.05) is 11.4 Å². The molecular formula is C26H24N4S. The van der Waals surface area contributed by atoms with E-state index >= 15 is 0 Å². The van der Waals surface area contributed by atoms with Gasteiger partial charge in [-0.2, -0.15) is 15.8 Å². The summed E-state index contributed by atoms with van der Waals surface area (Å²) in [5, 5.41) is 31.5. The van der Waals surface area contributed by atoms with Crippen molar-refractivity contribution in [1.82, 2.24) is 0 Å². The van der Waals surface area contributed by atoms with Gasteiger partial charge >= 0.3 is 0 Å². The van der Waals surface area contributed by atoms with Crippen LogP contribution in [0.5, 0.6) is 0 Å². The van der Waals surface area contributed by atoms with Crippen LogP contribution in [0.4, 0.5) is 5.69 Å². The SMILES string of the molecule is CCCN1/C(=C/C(C#N)=c2c(C)c(C)c(=C(C#N)C#N)c(C)c2C)Sc2ccccc21. The third kappa shape index (κ3) is 3.84. The lowest BCUT2D eigenvalue weighted by atomic mass is 9.91. The van der Waals surface area contributed by atoms with Gasteiger partial charge in [0.15, 0.2) is 0 Å². The first-order chi connectivity index (χ1) is 14.9. The number of hydrogen-bond donors (Lipinski definition) is 0. The van der Waals surface area contributed by atoms with Crippen LogP contribution < -0.4 is 15.3 Å². The van der Waals surface area contributed by atoms with Crippen molar-refractivity contribution in [2.24, 2.45) is 0 Å². The number of thioether (sulfide) groups is 1. The minimum atomic E-state index is 0.112. The van der Waals surface area contributed by atoms with E-state index in [4.69, 9.17) is 0 Å². The Morgan fingerprint density at radius 3 is 2.03 bits per heavy atom. The fourth-order valence-electron chi connectivity index (χ4n) is 4.13. The molecule has 0 aromatic heterocycles. The van der Waals surface area contributed by atoms with Crippen molar-refractivity contribution >= 4 is 28.6 Å². The molecule has 1 aliphatic heterocycles. The normalized spacial score (nSPS) is 13.4. The predicted octanol–water partition coefficient (Wildman–Crippen LogP) is 4.66. The molecule has 0 spiro atoms. The summed E-state index contributed by atoms with van der Waals surface area (Å²) in [5.41, 5.74) is 5.48. The molecule has 0 saturated heterocycles. The van der Waals surface area contributed by atoms with Gasteiger partial charge in [0.1, 0.15) is 17.7 Å². The Kier molecular flexibility index (Phi) is 6.55. The van der Waals surface area contributed by atoms with Crippen LogP contribution in [0.1, 0.15) is 35.6 Å². The van der Waals surface area contributed by atoms with Gasteiger partial charge in [-0.25, -0.2) is 0 Å². The largest absolute Gasteiger partial charge is 0.335 e. The Morgan fingerprint density at radius 1 is 0.903 bits per heavy atom. The van der Waals surface area contributed by atoms with E-state index in [2.05, 4.69) is 30.0 Å². The predicted molar refractivity (Wildman–Crippen MR) is 126 cm³/mol. The number of nitrogens with zero attached hydrogens (tertiary/aromatic N) is 4. The highest BCUT2D eigenvalue weighted by Gasteiger charge is 2.24. The summed E-state index contributed by atoms with van der Waals surface area (Å²) in [7, 11) is 0. The molecule has 2 aromatic rings. The highest BCUT2D eigenvalue weighted by atomic mass is 32.2. The van der Waals surface area contributed by atoms with E-state index in [1.54, 1.807) is 11.8 Å². The number of rotatable bonds is 3. The molecule has 0 unspecified atom stereocenters. The van der Waals surface area contributed by atoms with Gasteiger partial charge in [0.2, 0.25) is 0 Å². The second kappa shape index (κ2) is 9.13. The second-order valence-corrected chi connectivity index (χ2v) is 8.64. The van der Waals surface area contributed by atoms with Gasteiger partial charge in [-0.05, 0) is 79.8 Å². The molecule has 0 radical (unpaired) electrons. The van der Waals surface area contributed by atoms with Crippen molar-refractivity contribution in [1.29, 1.82) is 15.8 Å². The monoisotopic (exact) mass is 424 g/mol. The molecule has 0 N–H and O–H groups in total. The molecule has 0 fully saturated rings. The molecule has 1 aliphatic rings. The standard InChI is InChI=1S/C26H24N4S/c1-6-11-30-22-9-7-8-10-23(22)31-24(30)12-20(13-27)25-16(2)18(4)26(19(5)17(25)3)21(14-28)15-29/h7-10,12H,6,11H2,1-5H3/b24-12-. The summed E-state index contributed by atoms with van der Waals surface area (Å²) in [6, 6.07) is 14.7. The maximum absolute atomic E-state index is 10.1. The van der Waals surface area contributed by atoms with Gasteiger partial charge in [0.05, 0.1) is 22.4 Å². The Morgan fingerprint density at radius 2 is 1.48 bits per heavy atom. The topological polar surface area (TPSA) is 74.6 Å². The second-order valence-electron chi connectivity index (χ2n) is 7.58. The molecule has 0 amide bonds. The number of allylic oxidation sites excluding steroid dienone is 1. The van der Waals surface area contributed by atoms with Crippen LogP contribution in [-0.2, 0) is 0 Å². The number of benzene rings is 2. The first-order valence-electron chi connectivity index (χ1n) is 10.2. The van der Waals surface area contributed by atoms with Gasteiger partial charge in [0, 0.05) is 16.7 Å². The number of nitriles is 3. The van der Waals surface area contributed by atoms with Gasteiger partial charge in [-0.3, -0.25) is 0 Å². The van der Waals surface area contributed by atoms with E-state index in [1.165, 1.54) is 10.6 Å².